The Morgan fingerprint density at radius 1 is 1.10 bits per heavy atom. The summed E-state index contributed by atoms with van der Waals surface area (Å²) in [6.45, 7) is 7.77. The molecule has 0 unspecified atom stereocenters. The van der Waals surface area contributed by atoms with E-state index in [-0.39, 0.29) is 17.0 Å². The second-order valence-electron chi connectivity index (χ2n) is 7.71. The highest BCUT2D eigenvalue weighted by atomic mass is 19.1. The SMILES string of the molecule is CCn1nc(C(=O)N2CCN(Cc3cccc(C)c3)CC2)c(=O)c2cc(F)ccc21. The maximum absolute atomic E-state index is 13.7. The van der Waals surface area contributed by atoms with Crippen molar-refractivity contribution in [1.82, 2.24) is 19.6 Å². The van der Waals surface area contributed by atoms with Crippen molar-refractivity contribution in [3.8, 4) is 0 Å². The minimum atomic E-state index is -0.513. The van der Waals surface area contributed by atoms with Crippen molar-refractivity contribution in [2.24, 2.45) is 0 Å². The van der Waals surface area contributed by atoms with Crippen molar-refractivity contribution in [1.29, 1.82) is 0 Å². The van der Waals surface area contributed by atoms with Gasteiger partial charge in [0.15, 0.2) is 5.69 Å². The van der Waals surface area contributed by atoms with E-state index in [0.717, 1.165) is 19.6 Å². The van der Waals surface area contributed by atoms with Crippen molar-refractivity contribution in [3.05, 3.63) is 75.3 Å². The molecule has 0 saturated carbocycles. The fourth-order valence-corrected chi connectivity index (χ4v) is 3.97. The molecule has 7 heteroatoms. The zero-order valence-electron chi connectivity index (χ0n) is 17.3. The smallest absolute Gasteiger partial charge is 0.278 e. The first-order valence-electron chi connectivity index (χ1n) is 10.2. The monoisotopic (exact) mass is 408 g/mol. The van der Waals surface area contributed by atoms with E-state index in [0.29, 0.717) is 25.2 Å². The van der Waals surface area contributed by atoms with Crippen LogP contribution >= 0.6 is 0 Å². The predicted octanol–water partition coefficient (Wildman–Crippen LogP) is 2.82. The summed E-state index contributed by atoms with van der Waals surface area (Å²) in [6, 6.07) is 12.4. The molecule has 2 heterocycles. The molecule has 1 saturated heterocycles. The van der Waals surface area contributed by atoms with Gasteiger partial charge in [-0.15, -0.1) is 0 Å². The Hall–Kier alpha value is -3.06. The molecule has 0 atom stereocenters. The van der Waals surface area contributed by atoms with Gasteiger partial charge in [-0.3, -0.25) is 19.2 Å². The van der Waals surface area contributed by atoms with Gasteiger partial charge in [0, 0.05) is 39.3 Å². The highest BCUT2D eigenvalue weighted by Crippen LogP contribution is 2.15. The summed E-state index contributed by atoms with van der Waals surface area (Å²) in [5.74, 6) is -0.889. The molecule has 1 amide bonds. The molecule has 0 N–H and O–H groups in total. The molecule has 3 aromatic rings. The number of aromatic nitrogens is 2. The summed E-state index contributed by atoms with van der Waals surface area (Å²) in [5.41, 5.74) is 2.36. The summed E-state index contributed by atoms with van der Waals surface area (Å²) in [6.07, 6.45) is 0. The second kappa shape index (κ2) is 8.36. The molecular formula is C23H25FN4O2. The predicted molar refractivity (Wildman–Crippen MR) is 114 cm³/mol. The standard InChI is InChI=1S/C23H25FN4O2/c1-3-28-20-8-7-18(24)14-19(20)22(29)21(25-28)23(30)27-11-9-26(10-12-27)15-17-6-4-5-16(2)13-17/h4-8,13-14H,3,9-12,15H2,1-2H3. The van der Waals surface area contributed by atoms with Crippen molar-refractivity contribution in [2.45, 2.75) is 26.9 Å². The highest BCUT2D eigenvalue weighted by Gasteiger charge is 2.26. The van der Waals surface area contributed by atoms with Gasteiger partial charge in [-0.25, -0.2) is 4.39 Å². The lowest BCUT2D eigenvalue weighted by molar-refractivity contribution is 0.0619. The van der Waals surface area contributed by atoms with Crippen molar-refractivity contribution in [2.75, 3.05) is 26.2 Å². The number of benzene rings is 2. The van der Waals surface area contributed by atoms with Crippen LogP contribution in [0.3, 0.4) is 0 Å². The van der Waals surface area contributed by atoms with Gasteiger partial charge in [-0.2, -0.15) is 5.10 Å². The molecule has 0 radical (unpaired) electrons. The average molecular weight is 408 g/mol. The van der Waals surface area contributed by atoms with Crippen LogP contribution in [0.15, 0.2) is 47.3 Å². The number of carbonyl (C=O) groups is 1. The number of fused-ring (bicyclic) bond motifs is 1. The van der Waals surface area contributed by atoms with Crippen molar-refractivity contribution < 1.29 is 9.18 Å². The Kier molecular flexibility index (Phi) is 5.63. The van der Waals surface area contributed by atoms with Gasteiger partial charge < -0.3 is 4.90 Å². The lowest BCUT2D eigenvalue weighted by atomic mass is 10.1. The van der Waals surface area contributed by atoms with E-state index < -0.39 is 11.2 Å². The molecule has 1 aliphatic rings. The van der Waals surface area contributed by atoms with Gasteiger partial charge in [-0.1, -0.05) is 29.8 Å². The Morgan fingerprint density at radius 2 is 1.87 bits per heavy atom. The Morgan fingerprint density at radius 3 is 2.57 bits per heavy atom. The summed E-state index contributed by atoms with van der Waals surface area (Å²) < 4.78 is 15.3. The molecule has 0 bridgehead atoms. The number of nitrogens with zero attached hydrogens (tertiary/aromatic N) is 4. The van der Waals surface area contributed by atoms with Crippen LogP contribution < -0.4 is 5.43 Å². The van der Waals surface area contributed by atoms with Crippen LogP contribution in [0.1, 0.15) is 28.5 Å². The van der Waals surface area contributed by atoms with Crippen molar-refractivity contribution >= 4 is 16.8 Å². The molecule has 0 spiro atoms. The van der Waals surface area contributed by atoms with Crippen molar-refractivity contribution in [3.63, 3.8) is 0 Å². The quantitative estimate of drug-likeness (QED) is 0.666. The summed E-state index contributed by atoms with van der Waals surface area (Å²) >= 11 is 0. The molecule has 4 rings (SSSR count). The number of piperazine rings is 1. The fraction of sp³-hybridized carbons (Fsp3) is 0.348. The topological polar surface area (TPSA) is 58.4 Å². The van der Waals surface area contributed by atoms with E-state index in [9.17, 15) is 14.0 Å². The lowest BCUT2D eigenvalue weighted by Crippen LogP contribution is -2.49. The first-order chi connectivity index (χ1) is 14.5. The summed E-state index contributed by atoms with van der Waals surface area (Å²) in [4.78, 5) is 29.9. The summed E-state index contributed by atoms with van der Waals surface area (Å²) in [5, 5.41) is 4.49. The zero-order valence-corrected chi connectivity index (χ0v) is 17.3. The first-order valence-corrected chi connectivity index (χ1v) is 10.2. The third-order valence-electron chi connectivity index (χ3n) is 5.57. The molecule has 1 aromatic heterocycles. The molecule has 2 aromatic carbocycles. The van der Waals surface area contributed by atoms with Crippen LogP contribution in [0.25, 0.3) is 10.9 Å². The third-order valence-corrected chi connectivity index (χ3v) is 5.57. The second-order valence-corrected chi connectivity index (χ2v) is 7.71. The van der Waals surface area contributed by atoms with Crippen LogP contribution in [-0.4, -0.2) is 51.7 Å². The molecular weight excluding hydrogens is 383 g/mol. The van der Waals surface area contributed by atoms with Gasteiger partial charge in [-0.05, 0) is 37.6 Å². The number of amides is 1. The van der Waals surface area contributed by atoms with Crippen LogP contribution in [0, 0.1) is 12.7 Å². The Bertz CT molecular complexity index is 1150. The molecule has 0 aliphatic carbocycles. The van der Waals surface area contributed by atoms with E-state index in [1.165, 1.54) is 29.3 Å². The maximum atomic E-state index is 13.7. The lowest BCUT2D eigenvalue weighted by Gasteiger charge is -2.34. The number of rotatable bonds is 4. The number of aryl methyl sites for hydroxylation is 2. The Labute approximate surface area is 174 Å². The molecule has 1 aliphatic heterocycles. The number of hydrogen-bond acceptors (Lipinski definition) is 4. The number of hydrogen-bond donors (Lipinski definition) is 0. The van der Waals surface area contributed by atoms with Crippen LogP contribution in [0.2, 0.25) is 0 Å². The van der Waals surface area contributed by atoms with Gasteiger partial charge in [0.2, 0.25) is 5.43 Å². The van der Waals surface area contributed by atoms with Crippen LogP contribution in [0.5, 0.6) is 0 Å². The van der Waals surface area contributed by atoms with Gasteiger partial charge in [0.1, 0.15) is 5.82 Å². The van der Waals surface area contributed by atoms with Gasteiger partial charge in [0.25, 0.3) is 5.91 Å². The van der Waals surface area contributed by atoms with Gasteiger partial charge in [0.05, 0.1) is 10.9 Å². The largest absolute Gasteiger partial charge is 0.335 e. The zero-order chi connectivity index (χ0) is 21.3. The highest BCUT2D eigenvalue weighted by molar-refractivity contribution is 5.95. The van der Waals surface area contributed by atoms with Crippen LogP contribution in [-0.2, 0) is 13.1 Å². The maximum Gasteiger partial charge on any atom is 0.278 e. The van der Waals surface area contributed by atoms with Gasteiger partial charge >= 0.3 is 0 Å². The van der Waals surface area contributed by atoms with E-state index >= 15 is 0 Å². The molecule has 30 heavy (non-hydrogen) atoms. The molecule has 156 valence electrons. The van der Waals surface area contributed by atoms with E-state index in [1.807, 2.05) is 6.92 Å². The summed E-state index contributed by atoms with van der Waals surface area (Å²) in [7, 11) is 0. The number of carbonyl (C=O) groups excluding carboxylic acids is 1. The van der Waals surface area contributed by atoms with E-state index in [2.05, 4.69) is 41.2 Å². The third kappa shape index (κ3) is 3.98. The van der Waals surface area contributed by atoms with E-state index in [1.54, 1.807) is 9.58 Å². The van der Waals surface area contributed by atoms with Crippen LogP contribution in [0.4, 0.5) is 4.39 Å². The Balaban J connectivity index is 1.52. The molecule has 1 fully saturated rings. The average Bonchev–Trinajstić information content (AvgIpc) is 2.74. The molecule has 6 nitrogen and oxygen atoms in total. The first kappa shape index (κ1) is 20.2. The normalized spacial score (nSPS) is 15.0. The van der Waals surface area contributed by atoms with E-state index in [4.69, 9.17) is 0 Å². The fourth-order valence-electron chi connectivity index (χ4n) is 3.97. The minimum Gasteiger partial charge on any atom is -0.335 e. The minimum absolute atomic E-state index is 0.137. The number of halogens is 1.